The van der Waals surface area contributed by atoms with E-state index in [9.17, 15) is 4.79 Å². The molecule has 0 atom stereocenters. The van der Waals surface area contributed by atoms with E-state index in [1.54, 1.807) is 20.2 Å². The van der Waals surface area contributed by atoms with E-state index in [1.807, 2.05) is 18.2 Å². The third-order valence-electron chi connectivity index (χ3n) is 2.43. The van der Waals surface area contributed by atoms with Crippen LogP contribution in [0.4, 0.5) is 0 Å². The van der Waals surface area contributed by atoms with Crippen LogP contribution in [-0.2, 0) is 4.84 Å². The molecule has 18 heavy (non-hydrogen) atoms. The first-order valence-electron chi connectivity index (χ1n) is 5.34. The van der Waals surface area contributed by atoms with Gasteiger partial charge in [-0.15, -0.1) is 11.3 Å². The predicted octanol–water partition coefficient (Wildman–Crippen LogP) is 2.15. The van der Waals surface area contributed by atoms with Crippen molar-refractivity contribution in [1.82, 2.24) is 15.0 Å². The van der Waals surface area contributed by atoms with Crippen LogP contribution in [0.25, 0.3) is 10.7 Å². The fourth-order valence-corrected chi connectivity index (χ4v) is 2.43. The van der Waals surface area contributed by atoms with Gasteiger partial charge in [0.25, 0.3) is 5.91 Å². The van der Waals surface area contributed by atoms with Crippen molar-refractivity contribution in [2.24, 2.45) is 0 Å². The molecule has 0 aliphatic heterocycles. The minimum absolute atomic E-state index is 0.199. The molecule has 0 aromatic carbocycles. The second kappa shape index (κ2) is 5.24. The van der Waals surface area contributed by atoms with Gasteiger partial charge >= 0.3 is 0 Å². The lowest BCUT2D eigenvalue weighted by atomic mass is 10.3. The number of hydrogen-bond donors (Lipinski definition) is 0. The molecule has 0 N–H and O–H groups in total. The summed E-state index contributed by atoms with van der Waals surface area (Å²) in [6, 6.07) is 5.60. The Morgan fingerprint density at radius 1 is 1.44 bits per heavy atom. The van der Waals surface area contributed by atoms with Crippen LogP contribution >= 0.6 is 11.3 Å². The third-order valence-corrected chi connectivity index (χ3v) is 3.60. The van der Waals surface area contributed by atoms with E-state index in [0.717, 1.165) is 10.7 Å². The SMILES string of the molecule is CON(C)C(=O)c1sc(-c2ccccn2)nc1C. The van der Waals surface area contributed by atoms with E-state index in [-0.39, 0.29) is 5.91 Å². The number of aromatic nitrogens is 2. The Balaban J connectivity index is 2.36. The predicted molar refractivity (Wildman–Crippen MR) is 69.2 cm³/mol. The van der Waals surface area contributed by atoms with Gasteiger partial charge in [-0.1, -0.05) is 6.07 Å². The first kappa shape index (κ1) is 12.7. The molecule has 6 heteroatoms. The van der Waals surface area contributed by atoms with E-state index < -0.39 is 0 Å². The Hall–Kier alpha value is -1.79. The summed E-state index contributed by atoms with van der Waals surface area (Å²) in [5.74, 6) is -0.199. The van der Waals surface area contributed by atoms with Crippen LogP contribution in [0.3, 0.4) is 0 Å². The van der Waals surface area contributed by atoms with Gasteiger partial charge in [-0.3, -0.25) is 14.6 Å². The maximum absolute atomic E-state index is 12.0. The molecule has 0 aliphatic rings. The van der Waals surface area contributed by atoms with Crippen LogP contribution in [-0.4, -0.2) is 35.1 Å². The number of hydrogen-bond acceptors (Lipinski definition) is 5. The first-order chi connectivity index (χ1) is 8.63. The highest BCUT2D eigenvalue weighted by molar-refractivity contribution is 7.17. The Labute approximate surface area is 109 Å². The van der Waals surface area contributed by atoms with Crippen molar-refractivity contribution in [1.29, 1.82) is 0 Å². The maximum Gasteiger partial charge on any atom is 0.289 e. The summed E-state index contributed by atoms with van der Waals surface area (Å²) in [6.07, 6.45) is 1.70. The lowest BCUT2D eigenvalue weighted by Crippen LogP contribution is -2.25. The Morgan fingerprint density at radius 3 is 2.83 bits per heavy atom. The zero-order valence-corrected chi connectivity index (χ0v) is 11.2. The molecule has 0 radical (unpaired) electrons. The summed E-state index contributed by atoms with van der Waals surface area (Å²) < 4.78 is 0. The van der Waals surface area contributed by atoms with Crippen LogP contribution in [0.5, 0.6) is 0 Å². The van der Waals surface area contributed by atoms with Gasteiger partial charge in [0, 0.05) is 13.2 Å². The first-order valence-corrected chi connectivity index (χ1v) is 6.16. The fraction of sp³-hybridized carbons (Fsp3) is 0.250. The number of pyridine rings is 1. The zero-order valence-electron chi connectivity index (χ0n) is 10.4. The van der Waals surface area contributed by atoms with Gasteiger partial charge in [0.1, 0.15) is 9.88 Å². The number of rotatable bonds is 3. The van der Waals surface area contributed by atoms with Gasteiger partial charge in [-0.2, -0.15) is 0 Å². The summed E-state index contributed by atoms with van der Waals surface area (Å²) in [7, 11) is 3.02. The number of thiazole rings is 1. The largest absolute Gasteiger partial charge is 0.289 e. The minimum atomic E-state index is -0.199. The third kappa shape index (κ3) is 2.39. The smallest absolute Gasteiger partial charge is 0.274 e. The molecule has 0 aliphatic carbocycles. The van der Waals surface area contributed by atoms with Crippen molar-refractivity contribution < 1.29 is 9.63 Å². The highest BCUT2D eigenvalue weighted by Gasteiger charge is 2.19. The van der Waals surface area contributed by atoms with Gasteiger partial charge in [-0.05, 0) is 19.1 Å². The molecule has 0 fully saturated rings. The molecule has 0 unspecified atom stereocenters. The van der Waals surface area contributed by atoms with Crippen LogP contribution in [0.1, 0.15) is 15.4 Å². The molecule has 2 aromatic heterocycles. The summed E-state index contributed by atoms with van der Waals surface area (Å²) in [5.41, 5.74) is 1.46. The maximum atomic E-state index is 12.0. The average Bonchev–Trinajstić information content (AvgIpc) is 2.80. The lowest BCUT2D eigenvalue weighted by molar-refractivity contribution is -0.0754. The highest BCUT2D eigenvalue weighted by atomic mass is 32.1. The molecular formula is C12H13N3O2S. The number of aryl methyl sites for hydroxylation is 1. The second-order valence-electron chi connectivity index (χ2n) is 3.63. The standard InChI is InChI=1S/C12H13N3O2S/c1-8-10(12(16)15(2)17-3)18-11(14-8)9-6-4-5-7-13-9/h4-7H,1-3H3. The molecule has 1 amide bonds. The van der Waals surface area contributed by atoms with Crippen LogP contribution in [0.2, 0.25) is 0 Å². The summed E-state index contributed by atoms with van der Waals surface area (Å²) in [4.78, 5) is 26.0. The summed E-state index contributed by atoms with van der Waals surface area (Å²) >= 11 is 1.32. The number of carbonyl (C=O) groups excluding carboxylic acids is 1. The van der Waals surface area contributed by atoms with Crippen LogP contribution in [0.15, 0.2) is 24.4 Å². The number of nitrogens with zero attached hydrogens (tertiary/aromatic N) is 3. The summed E-state index contributed by atoms with van der Waals surface area (Å²) in [5, 5.41) is 1.92. The van der Waals surface area contributed by atoms with Gasteiger partial charge in [0.15, 0.2) is 0 Å². The molecule has 2 aromatic rings. The summed E-state index contributed by atoms with van der Waals surface area (Å²) in [6.45, 7) is 1.81. The van der Waals surface area contributed by atoms with Crippen molar-refractivity contribution in [2.75, 3.05) is 14.2 Å². The zero-order chi connectivity index (χ0) is 13.1. The van der Waals surface area contributed by atoms with Crippen LogP contribution in [0, 0.1) is 6.92 Å². The second-order valence-corrected chi connectivity index (χ2v) is 4.63. The van der Waals surface area contributed by atoms with Gasteiger partial charge < -0.3 is 0 Å². The van der Waals surface area contributed by atoms with Crippen molar-refractivity contribution >= 4 is 17.2 Å². The average molecular weight is 263 g/mol. The van der Waals surface area contributed by atoms with E-state index in [0.29, 0.717) is 10.6 Å². The molecule has 94 valence electrons. The molecule has 0 saturated heterocycles. The Kier molecular flexibility index (Phi) is 3.69. The fourth-order valence-electron chi connectivity index (χ4n) is 1.42. The number of hydroxylamine groups is 2. The van der Waals surface area contributed by atoms with E-state index in [2.05, 4.69) is 9.97 Å². The Bertz CT molecular complexity index is 554. The van der Waals surface area contributed by atoms with Gasteiger partial charge in [0.2, 0.25) is 0 Å². The van der Waals surface area contributed by atoms with Crippen molar-refractivity contribution in [2.45, 2.75) is 6.92 Å². The van der Waals surface area contributed by atoms with E-state index in [1.165, 1.54) is 23.5 Å². The quantitative estimate of drug-likeness (QED) is 0.796. The molecule has 0 spiro atoms. The van der Waals surface area contributed by atoms with Crippen molar-refractivity contribution in [3.8, 4) is 10.7 Å². The highest BCUT2D eigenvalue weighted by Crippen LogP contribution is 2.27. The molecule has 0 saturated carbocycles. The molecule has 2 heterocycles. The van der Waals surface area contributed by atoms with Crippen molar-refractivity contribution in [3.05, 3.63) is 35.0 Å². The normalized spacial score (nSPS) is 10.4. The van der Waals surface area contributed by atoms with E-state index in [4.69, 9.17) is 4.84 Å². The topological polar surface area (TPSA) is 55.3 Å². The van der Waals surface area contributed by atoms with E-state index >= 15 is 0 Å². The molecule has 0 bridgehead atoms. The molecule has 5 nitrogen and oxygen atoms in total. The minimum Gasteiger partial charge on any atom is -0.274 e. The van der Waals surface area contributed by atoms with Gasteiger partial charge in [0.05, 0.1) is 18.5 Å². The molecular weight excluding hydrogens is 250 g/mol. The monoisotopic (exact) mass is 263 g/mol. The Morgan fingerprint density at radius 2 is 2.22 bits per heavy atom. The van der Waals surface area contributed by atoms with Crippen LogP contribution < -0.4 is 0 Å². The van der Waals surface area contributed by atoms with Gasteiger partial charge in [-0.25, -0.2) is 10.0 Å². The number of carbonyl (C=O) groups is 1. The number of amides is 1. The molecule has 2 rings (SSSR count). The van der Waals surface area contributed by atoms with Crippen molar-refractivity contribution in [3.63, 3.8) is 0 Å². The lowest BCUT2D eigenvalue weighted by Gasteiger charge is -2.11.